The van der Waals surface area contributed by atoms with Gasteiger partial charge < -0.3 is 15.5 Å². The summed E-state index contributed by atoms with van der Waals surface area (Å²) in [6.07, 6.45) is 5.50. The van der Waals surface area contributed by atoms with Gasteiger partial charge in [-0.25, -0.2) is 4.98 Å². The SMILES string of the molecule is CNC(C(=O)N1CCCC1C)C1CC1.Cc1ncsc1-c1ccc(CNC=O)cc1. The van der Waals surface area contributed by atoms with E-state index in [2.05, 4.69) is 39.6 Å². The Morgan fingerprint density at radius 1 is 1.30 bits per heavy atom. The van der Waals surface area contributed by atoms with Gasteiger partial charge in [-0.1, -0.05) is 24.3 Å². The van der Waals surface area contributed by atoms with E-state index in [1.165, 1.54) is 36.1 Å². The molecule has 7 heteroatoms. The highest BCUT2D eigenvalue weighted by atomic mass is 32.1. The van der Waals surface area contributed by atoms with Gasteiger partial charge in [-0.15, -0.1) is 11.3 Å². The van der Waals surface area contributed by atoms with Gasteiger partial charge in [-0.2, -0.15) is 0 Å². The van der Waals surface area contributed by atoms with Crippen LogP contribution >= 0.6 is 11.3 Å². The van der Waals surface area contributed by atoms with Gasteiger partial charge in [0.15, 0.2) is 0 Å². The van der Waals surface area contributed by atoms with Crippen LogP contribution in [0.2, 0.25) is 0 Å². The largest absolute Gasteiger partial charge is 0.355 e. The van der Waals surface area contributed by atoms with E-state index in [0.717, 1.165) is 17.8 Å². The molecule has 2 atom stereocenters. The van der Waals surface area contributed by atoms with Crippen molar-refractivity contribution in [2.75, 3.05) is 13.6 Å². The molecule has 0 spiro atoms. The lowest BCUT2D eigenvalue weighted by atomic mass is 10.1. The van der Waals surface area contributed by atoms with Crippen molar-refractivity contribution >= 4 is 23.7 Å². The highest BCUT2D eigenvalue weighted by Gasteiger charge is 2.39. The quantitative estimate of drug-likeness (QED) is 0.663. The minimum atomic E-state index is 0.0931. The molecule has 1 aliphatic carbocycles. The summed E-state index contributed by atoms with van der Waals surface area (Å²) in [4.78, 5) is 29.8. The zero-order valence-corrected chi connectivity index (χ0v) is 18.9. The lowest BCUT2D eigenvalue weighted by molar-refractivity contribution is -0.134. The van der Waals surface area contributed by atoms with Crippen LogP contribution in [0.25, 0.3) is 10.4 Å². The molecule has 1 saturated carbocycles. The van der Waals surface area contributed by atoms with E-state index in [9.17, 15) is 9.59 Å². The van der Waals surface area contributed by atoms with Crippen LogP contribution in [-0.4, -0.2) is 47.9 Å². The van der Waals surface area contributed by atoms with E-state index in [4.69, 9.17) is 0 Å². The Kier molecular flexibility index (Phi) is 7.99. The first-order valence-corrected chi connectivity index (χ1v) is 11.6. The molecule has 0 bridgehead atoms. The zero-order valence-electron chi connectivity index (χ0n) is 18.1. The average Bonchev–Trinajstić information content (AvgIpc) is 3.35. The van der Waals surface area contributed by atoms with E-state index in [-0.39, 0.29) is 6.04 Å². The molecule has 1 saturated heterocycles. The summed E-state index contributed by atoms with van der Waals surface area (Å²) in [5, 5.41) is 5.81. The molecule has 2 aromatic rings. The van der Waals surface area contributed by atoms with Crippen molar-refractivity contribution in [2.45, 2.75) is 58.2 Å². The van der Waals surface area contributed by atoms with E-state index in [1.807, 2.05) is 31.6 Å². The van der Waals surface area contributed by atoms with Crippen LogP contribution in [-0.2, 0) is 16.1 Å². The van der Waals surface area contributed by atoms with Crippen molar-refractivity contribution in [3.8, 4) is 10.4 Å². The lowest BCUT2D eigenvalue weighted by Gasteiger charge is -2.26. The van der Waals surface area contributed by atoms with Crippen LogP contribution in [0, 0.1) is 12.8 Å². The Morgan fingerprint density at radius 2 is 2.03 bits per heavy atom. The minimum absolute atomic E-state index is 0.0931. The summed E-state index contributed by atoms with van der Waals surface area (Å²) in [5.41, 5.74) is 5.18. The molecular formula is C23H32N4O2S. The second-order valence-electron chi connectivity index (χ2n) is 8.09. The fourth-order valence-electron chi connectivity index (χ4n) is 3.94. The molecule has 2 amide bonds. The zero-order chi connectivity index (χ0) is 21.5. The standard InChI is InChI=1S/C12H12N2OS.C11H20N2O/c1-9-12(16-8-14-9)11-4-2-10(3-5-11)6-13-7-15;1-8-4-3-7-13(8)11(14)10(12-2)9-5-6-9/h2-5,7-8H,6H2,1H3,(H,13,15);8-10,12H,3-7H2,1-2H3. The normalized spacial score (nSPS) is 19.0. The molecule has 162 valence electrons. The first kappa shape index (κ1) is 22.4. The van der Waals surface area contributed by atoms with Crippen LogP contribution in [0.15, 0.2) is 29.8 Å². The van der Waals surface area contributed by atoms with E-state index in [0.29, 0.717) is 30.8 Å². The maximum Gasteiger partial charge on any atom is 0.240 e. The lowest BCUT2D eigenvalue weighted by Crippen LogP contribution is -2.47. The predicted octanol–water partition coefficient (Wildman–Crippen LogP) is 3.36. The maximum atomic E-state index is 12.1. The van der Waals surface area contributed by atoms with Gasteiger partial charge in [0.1, 0.15) is 0 Å². The Balaban J connectivity index is 0.000000172. The molecule has 2 N–H and O–H groups in total. The average molecular weight is 429 g/mol. The molecule has 2 unspecified atom stereocenters. The van der Waals surface area contributed by atoms with Crippen molar-refractivity contribution in [1.82, 2.24) is 20.5 Å². The predicted molar refractivity (Wildman–Crippen MR) is 121 cm³/mol. The Morgan fingerprint density at radius 3 is 2.53 bits per heavy atom. The van der Waals surface area contributed by atoms with Gasteiger partial charge >= 0.3 is 0 Å². The molecule has 2 fully saturated rings. The number of hydrogen-bond donors (Lipinski definition) is 2. The summed E-state index contributed by atoms with van der Waals surface area (Å²) >= 11 is 1.64. The van der Waals surface area contributed by atoms with Gasteiger partial charge in [0.25, 0.3) is 0 Å². The van der Waals surface area contributed by atoms with Crippen LogP contribution < -0.4 is 10.6 Å². The number of carbonyl (C=O) groups excluding carboxylic acids is 2. The third-order valence-electron chi connectivity index (χ3n) is 5.86. The van der Waals surface area contributed by atoms with Crippen LogP contribution in [0.5, 0.6) is 0 Å². The molecule has 4 rings (SSSR count). The maximum absolute atomic E-state index is 12.1. The number of hydrogen-bond acceptors (Lipinski definition) is 5. The number of carbonyl (C=O) groups is 2. The number of rotatable bonds is 7. The molecule has 1 aliphatic heterocycles. The van der Waals surface area contributed by atoms with Crippen LogP contribution in [0.3, 0.4) is 0 Å². The van der Waals surface area contributed by atoms with E-state index < -0.39 is 0 Å². The molecular weight excluding hydrogens is 396 g/mol. The third-order valence-corrected chi connectivity index (χ3v) is 6.84. The third kappa shape index (κ3) is 5.67. The molecule has 2 aliphatic rings. The summed E-state index contributed by atoms with van der Waals surface area (Å²) in [6, 6.07) is 8.70. The van der Waals surface area contributed by atoms with Crippen molar-refractivity contribution in [1.29, 1.82) is 0 Å². The minimum Gasteiger partial charge on any atom is -0.355 e. The monoisotopic (exact) mass is 428 g/mol. The summed E-state index contributed by atoms with van der Waals surface area (Å²) in [7, 11) is 1.90. The number of nitrogens with zero attached hydrogens (tertiary/aromatic N) is 2. The number of nitrogens with one attached hydrogen (secondary N) is 2. The highest BCUT2D eigenvalue weighted by Crippen LogP contribution is 2.34. The second-order valence-corrected chi connectivity index (χ2v) is 8.94. The molecule has 0 radical (unpaired) electrons. The summed E-state index contributed by atoms with van der Waals surface area (Å²) < 4.78 is 0. The number of likely N-dealkylation sites (tertiary alicyclic amines) is 1. The molecule has 30 heavy (non-hydrogen) atoms. The van der Waals surface area contributed by atoms with Crippen molar-refractivity contribution in [3.05, 3.63) is 41.0 Å². The van der Waals surface area contributed by atoms with Crippen LogP contribution in [0.1, 0.15) is 43.9 Å². The van der Waals surface area contributed by atoms with E-state index in [1.54, 1.807) is 11.3 Å². The van der Waals surface area contributed by atoms with Gasteiger partial charge in [-0.3, -0.25) is 9.59 Å². The van der Waals surface area contributed by atoms with Crippen LogP contribution in [0.4, 0.5) is 0 Å². The number of aromatic nitrogens is 1. The van der Waals surface area contributed by atoms with Gasteiger partial charge in [0.2, 0.25) is 12.3 Å². The smallest absolute Gasteiger partial charge is 0.240 e. The Bertz CT molecular complexity index is 828. The second kappa shape index (κ2) is 10.7. The Hall–Kier alpha value is -2.25. The first-order chi connectivity index (χ1) is 14.5. The number of aryl methyl sites for hydroxylation is 1. The molecule has 6 nitrogen and oxygen atoms in total. The summed E-state index contributed by atoms with van der Waals surface area (Å²) in [6.45, 7) is 5.70. The molecule has 2 heterocycles. The van der Waals surface area contributed by atoms with E-state index >= 15 is 0 Å². The van der Waals surface area contributed by atoms with Crippen molar-refractivity contribution in [3.63, 3.8) is 0 Å². The number of thiazole rings is 1. The molecule has 1 aromatic carbocycles. The number of likely N-dealkylation sites (N-methyl/N-ethyl adjacent to an activating group) is 1. The van der Waals surface area contributed by atoms with Crippen molar-refractivity contribution < 1.29 is 9.59 Å². The van der Waals surface area contributed by atoms with Gasteiger partial charge in [-0.05, 0) is 63.6 Å². The first-order valence-electron chi connectivity index (χ1n) is 10.7. The van der Waals surface area contributed by atoms with Crippen molar-refractivity contribution in [2.24, 2.45) is 5.92 Å². The Labute approximate surface area is 183 Å². The fraction of sp³-hybridized carbons (Fsp3) is 0.522. The fourth-order valence-corrected chi connectivity index (χ4v) is 4.75. The highest BCUT2D eigenvalue weighted by molar-refractivity contribution is 7.13. The number of benzene rings is 1. The van der Waals surface area contributed by atoms with Gasteiger partial charge in [0, 0.05) is 19.1 Å². The summed E-state index contributed by atoms with van der Waals surface area (Å²) in [5.74, 6) is 0.945. The topological polar surface area (TPSA) is 74.3 Å². The van der Waals surface area contributed by atoms with Gasteiger partial charge in [0.05, 0.1) is 22.1 Å². The molecule has 1 aromatic heterocycles. The number of amides is 2.